The molecule has 0 saturated carbocycles. The van der Waals surface area contributed by atoms with Gasteiger partial charge in [-0.1, -0.05) is 24.3 Å². The van der Waals surface area contributed by atoms with E-state index in [1.165, 1.54) is 16.5 Å². The van der Waals surface area contributed by atoms with Crippen LogP contribution in [0.1, 0.15) is 23.3 Å². The summed E-state index contributed by atoms with van der Waals surface area (Å²) in [5, 5.41) is 1.30. The van der Waals surface area contributed by atoms with Gasteiger partial charge in [0, 0.05) is 10.9 Å². The highest BCUT2D eigenvalue weighted by atomic mass is 16.3. The zero-order chi connectivity index (χ0) is 9.54. The Morgan fingerprint density at radius 2 is 2.21 bits per heavy atom. The number of fused-ring (bicyclic) bond motifs is 3. The van der Waals surface area contributed by atoms with Gasteiger partial charge in [-0.3, -0.25) is 0 Å². The zero-order valence-electron chi connectivity index (χ0n) is 8.21. The maximum Gasteiger partial charge on any atom is 0.137 e. The lowest BCUT2D eigenvalue weighted by Gasteiger charge is -2.01. The van der Waals surface area contributed by atoms with Crippen molar-refractivity contribution in [2.75, 3.05) is 0 Å². The maximum absolute atomic E-state index is 5.83. The summed E-state index contributed by atoms with van der Waals surface area (Å²) in [6, 6.07) is 6.36. The van der Waals surface area contributed by atoms with Gasteiger partial charge in [0.2, 0.25) is 0 Å². The molecule has 0 spiro atoms. The van der Waals surface area contributed by atoms with Crippen molar-refractivity contribution in [3.8, 4) is 0 Å². The smallest absolute Gasteiger partial charge is 0.137 e. The lowest BCUT2D eigenvalue weighted by atomic mass is 10.0. The average molecular weight is 184 g/mol. The fourth-order valence-corrected chi connectivity index (χ4v) is 2.14. The predicted octanol–water partition coefficient (Wildman–Crippen LogP) is 3.70. The van der Waals surface area contributed by atoms with E-state index in [2.05, 4.69) is 37.3 Å². The first-order chi connectivity index (χ1) is 6.86. The van der Waals surface area contributed by atoms with Gasteiger partial charge in [0.1, 0.15) is 11.3 Å². The fraction of sp³-hybridized carbons (Fsp3) is 0.231. The van der Waals surface area contributed by atoms with Crippen LogP contribution in [0.25, 0.3) is 17.0 Å². The Morgan fingerprint density at radius 3 is 3.14 bits per heavy atom. The van der Waals surface area contributed by atoms with Crippen LogP contribution in [0.4, 0.5) is 0 Å². The lowest BCUT2D eigenvalue weighted by Crippen LogP contribution is -1.88. The van der Waals surface area contributed by atoms with E-state index < -0.39 is 0 Å². The number of benzene rings is 1. The van der Waals surface area contributed by atoms with Crippen LogP contribution < -0.4 is 0 Å². The SMILES string of the molecule is Cc1cccc2c3c(oc12)C=CCC3. The standard InChI is InChI=1S/C13H12O/c1-9-5-4-7-11-10-6-2-3-8-12(10)14-13(9)11/h3-5,7-8H,2,6H2,1H3. The molecule has 70 valence electrons. The molecule has 1 aliphatic rings. The third-order valence-electron chi connectivity index (χ3n) is 2.88. The van der Waals surface area contributed by atoms with Gasteiger partial charge in [0.25, 0.3) is 0 Å². The van der Waals surface area contributed by atoms with Gasteiger partial charge in [-0.2, -0.15) is 0 Å². The Balaban J connectivity index is 2.43. The minimum atomic E-state index is 1.06. The number of allylic oxidation sites excluding steroid dienone is 1. The maximum atomic E-state index is 5.83. The first-order valence-electron chi connectivity index (χ1n) is 5.04. The first-order valence-corrected chi connectivity index (χ1v) is 5.04. The summed E-state index contributed by atoms with van der Waals surface area (Å²) < 4.78 is 5.83. The molecule has 2 aromatic rings. The van der Waals surface area contributed by atoms with Gasteiger partial charge < -0.3 is 4.42 Å². The molecule has 3 rings (SSSR count). The molecule has 0 aliphatic heterocycles. The average Bonchev–Trinajstić information content (AvgIpc) is 2.59. The first kappa shape index (κ1) is 7.86. The largest absolute Gasteiger partial charge is 0.456 e. The van der Waals surface area contributed by atoms with E-state index in [-0.39, 0.29) is 0 Å². The number of rotatable bonds is 0. The quantitative estimate of drug-likeness (QED) is 0.608. The number of hydrogen-bond donors (Lipinski definition) is 0. The summed E-state index contributed by atoms with van der Waals surface area (Å²) >= 11 is 0. The van der Waals surface area contributed by atoms with E-state index in [4.69, 9.17) is 4.42 Å². The molecule has 0 N–H and O–H groups in total. The van der Waals surface area contributed by atoms with Crippen LogP contribution in [0.2, 0.25) is 0 Å². The zero-order valence-corrected chi connectivity index (χ0v) is 8.21. The molecule has 0 amide bonds. The van der Waals surface area contributed by atoms with Crippen molar-refractivity contribution >= 4 is 17.0 Å². The Labute approximate surface area is 83.0 Å². The van der Waals surface area contributed by atoms with Crippen LogP contribution in [-0.4, -0.2) is 0 Å². The van der Waals surface area contributed by atoms with Crippen molar-refractivity contribution in [1.29, 1.82) is 0 Å². The van der Waals surface area contributed by atoms with Crippen molar-refractivity contribution in [3.05, 3.63) is 41.2 Å². The van der Waals surface area contributed by atoms with Crippen LogP contribution >= 0.6 is 0 Å². The summed E-state index contributed by atoms with van der Waals surface area (Å²) in [5.74, 6) is 1.06. The van der Waals surface area contributed by atoms with Crippen LogP contribution in [0.5, 0.6) is 0 Å². The third kappa shape index (κ3) is 0.955. The molecule has 0 radical (unpaired) electrons. The molecule has 1 aromatic carbocycles. The van der Waals surface area contributed by atoms with E-state index in [1.54, 1.807) is 0 Å². The minimum Gasteiger partial charge on any atom is -0.456 e. The van der Waals surface area contributed by atoms with E-state index in [9.17, 15) is 0 Å². The van der Waals surface area contributed by atoms with Crippen LogP contribution in [0.3, 0.4) is 0 Å². The topological polar surface area (TPSA) is 13.1 Å². The summed E-state index contributed by atoms with van der Waals surface area (Å²) in [7, 11) is 0. The molecule has 1 aromatic heterocycles. The third-order valence-corrected chi connectivity index (χ3v) is 2.88. The van der Waals surface area contributed by atoms with Crippen molar-refractivity contribution in [1.82, 2.24) is 0 Å². The molecular formula is C13H12O. The van der Waals surface area contributed by atoms with Gasteiger partial charge in [0.15, 0.2) is 0 Å². The number of hydrogen-bond acceptors (Lipinski definition) is 1. The molecule has 0 bridgehead atoms. The monoisotopic (exact) mass is 184 g/mol. The number of para-hydroxylation sites is 1. The van der Waals surface area contributed by atoms with Crippen LogP contribution in [0, 0.1) is 6.92 Å². The Hall–Kier alpha value is -1.50. The highest BCUT2D eigenvalue weighted by molar-refractivity contribution is 5.87. The van der Waals surface area contributed by atoms with E-state index in [1.807, 2.05) is 0 Å². The van der Waals surface area contributed by atoms with Crippen LogP contribution in [-0.2, 0) is 6.42 Å². The van der Waals surface area contributed by atoms with Gasteiger partial charge in [0.05, 0.1) is 0 Å². The summed E-state index contributed by atoms with van der Waals surface area (Å²) in [5.41, 5.74) is 3.67. The molecule has 0 saturated heterocycles. The predicted molar refractivity (Wildman–Crippen MR) is 58.3 cm³/mol. The second-order valence-corrected chi connectivity index (χ2v) is 3.84. The lowest BCUT2D eigenvalue weighted by molar-refractivity contribution is 0.593. The van der Waals surface area contributed by atoms with E-state index >= 15 is 0 Å². The Bertz CT molecular complexity index is 517. The number of furan rings is 1. The van der Waals surface area contributed by atoms with Crippen molar-refractivity contribution in [3.63, 3.8) is 0 Å². The summed E-state index contributed by atoms with van der Waals surface area (Å²) in [4.78, 5) is 0. The van der Waals surface area contributed by atoms with Crippen LogP contribution in [0.15, 0.2) is 28.7 Å². The van der Waals surface area contributed by atoms with Gasteiger partial charge in [-0.25, -0.2) is 0 Å². The number of aryl methyl sites for hydroxylation is 2. The second-order valence-electron chi connectivity index (χ2n) is 3.84. The molecule has 0 fully saturated rings. The Morgan fingerprint density at radius 1 is 1.29 bits per heavy atom. The van der Waals surface area contributed by atoms with Crippen molar-refractivity contribution in [2.45, 2.75) is 19.8 Å². The molecule has 1 heterocycles. The van der Waals surface area contributed by atoms with Crippen molar-refractivity contribution < 1.29 is 4.42 Å². The normalized spacial score (nSPS) is 14.6. The van der Waals surface area contributed by atoms with Gasteiger partial charge in [-0.15, -0.1) is 0 Å². The molecule has 1 heteroatoms. The van der Waals surface area contributed by atoms with Crippen molar-refractivity contribution in [2.24, 2.45) is 0 Å². The molecule has 14 heavy (non-hydrogen) atoms. The fourth-order valence-electron chi connectivity index (χ4n) is 2.14. The van der Waals surface area contributed by atoms with Gasteiger partial charge in [-0.05, 0) is 31.4 Å². The molecule has 1 aliphatic carbocycles. The summed E-state index contributed by atoms with van der Waals surface area (Å²) in [6.07, 6.45) is 6.52. The minimum absolute atomic E-state index is 1.06. The summed E-state index contributed by atoms with van der Waals surface area (Å²) in [6.45, 7) is 2.10. The molecular weight excluding hydrogens is 172 g/mol. The second kappa shape index (κ2) is 2.74. The highest BCUT2D eigenvalue weighted by Crippen LogP contribution is 2.32. The highest BCUT2D eigenvalue weighted by Gasteiger charge is 2.14. The van der Waals surface area contributed by atoms with E-state index in [0.717, 1.165) is 24.2 Å². The van der Waals surface area contributed by atoms with Gasteiger partial charge >= 0.3 is 0 Å². The van der Waals surface area contributed by atoms with E-state index in [0.29, 0.717) is 0 Å². The molecule has 0 atom stereocenters. The molecule has 0 unspecified atom stereocenters. The molecule has 1 nitrogen and oxygen atoms in total. The Kier molecular flexibility index (Phi) is 1.54.